The van der Waals surface area contributed by atoms with Gasteiger partial charge in [0.2, 0.25) is 17.0 Å². The first-order valence-corrected chi connectivity index (χ1v) is 5.80. The maximum atomic E-state index is 13.8. The molecule has 1 N–H and O–H groups in total. The van der Waals surface area contributed by atoms with Gasteiger partial charge in [0, 0.05) is 17.7 Å². The zero-order valence-corrected chi connectivity index (χ0v) is 10.6. The highest BCUT2D eigenvalue weighted by atomic mass is 19.1. The number of nitro benzene ring substituents is 1. The summed E-state index contributed by atoms with van der Waals surface area (Å²) in [5.41, 5.74) is -1.27. The molecule has 1 heterocycles. The van der Waals surface area contributed by atoms with E-state index < -0.39 is 28.5 Å². The number of halogens is 1. The van der Waals surface area contributed by atoms with Crippen molar-refractivity contribution in [3.8, 4) is 5.75 Å². The van der Waals surface area contributed by atoms with Crippen molar-refractivity contribution in [3.63, 3.8) is 0 Å². The Kier molecular flexibility index (Phi) is 4.29. The number of nitro groups is 1. The Bertz CT molecular complexity index is 727. The van der Waals surface area contributed by atoms with Gasteiger partial charge in [-0.1, -0.05) is 12.1 Å². The van der Waals surface area contributed by atoms with E-state index in [1.807, 2.05) is 0 Å². The highest BCUT2D eigenvalue weighted by molar-refractivity contribution is 5.36. The van der Waals surface area contributed by atoms with Crippen molar-refractivity contribution in [2.24, 2.45) is 0 Å². The topological polar surface area (TPSA) is 103 Å². The molecular formula is C13H10FNO6. The smallest absolute Gasteiger partial charge is 0.305 e. The minimum atomic E-state index is -1.01. The summed E-state index contributed by atoms with van der Waals surface area (Å²) >= 11 is 0. The molecule has 0 unspecified atom stereocenters. The molecule has 0 amide bonds. The van der Waals surface area contributed by atoms with E-state index in [9.17, 15) is 19.3 Å². The molecule has 2 rings (SSSR count). The summed E-state index contributed by atoms with van der Waals surface area (Å²) in [4.78, 5) is 21.3. The van der Waals surface area contributed by atoms with E-state index in [2.05, 4.69) is 0 Å². The number of hydrogen-bond donors (Lipinski definition) is 1. The molecule has 7 nitrogen and oxygen atoms in total. The van der Waals surface area contributed by atoms with E-state index in [-0.39, 0.29) is 23.7 Å². The van der Waals surface area contributed by atoms with Crippen molar-refractivity contribution >= 4 is 5.69 Å². The second-order valence-electron chi connectivity index (χ2n) is 4.03. The third kappa shape index (κ3) is 3.23. The van der Waals surface area contributed by atoms with E-state index in [1.54, 1.807) is 0 Å². The standard InChI is InChI=1S/C13H10FNO6/c14-13-8(2-1-3-10(13)15(18)19)6-21-12-7-20-9(5-16)4-11(12)17/h1-4,7,16H,5-6H2. The van der Waals surface area contributed by atoms with E-state index in [0.717, 1.165) is 18.4 Å². The summed E-state index contributed by atoms with van der Waals surface area (Å²) in [6, 6.07) is 4.70. The fourth-order valence-electron chi connectivity index (χ4n) is 1.60. The molecular weight excluding hydrogens is 285 g/mol. The molecule has 0 aliphatic heterocycles. The quantitative estimate of drug-likeness (QED) is 0.666. The zero-order valence-electron chi connectivity index (χ0n) is 10.6. The third-order valence-electron chi connectivity index (χ3n) is 2.65. The minimum Gasteiger partial charge on any atom is -0.482 e. The lowest BCUT2D eigenvalue weighted by Crippen LogP contribution is -2.09. The van der Waals surface area contributed by atoms with Crippen LogP contribution in [-0.2, 0) is 13.2 Å². The number of nitrogens with zero attached hydrogens (tertiary/aromatic N) is 1. The van der Waals surface area contributed by atoms with Gasteiger partial charge in [-0.2, -0.15) is 4.39 Å². The summed E-state index contributed by atoms with van der Waals surface area (Å²) in [5.74, 6) is -1.13. The van der Waals surface area contributed by atoms with Crippen LogP contribution < -0.4 is 10.2 Å². The van der Waals surface area contributed by atoms with Crippen molar-refractivity contribution < 1.29 is 23.6 Å². The molecule has 1 aromatic heterocycles. The van der Waals surface area contributed by atoms with Gasteiger partial charge in [-0.3, -0.25) is 14.9 Å². The molecule has 0 saturated heterocycles. The van der Waals surface area contributed by atoms with Crippen LogP contribution in [0.5, 0.6) is 5.75 Å². The molecule has 0 saturated carbocycles. The van der Waals surface area contributed by atoms with Crippen molar-refractivity contribution in [2.45, 2.75) is 13.2 Å². The molecule has 8 heteroatoms. The van der Waals surface area contributed by atoms with Crippen LogP contribution in [0, 0.1) is 15.9 Å². The Morgan fingerprint density at radius 2 is 2.19 bits per heavy atom. The van der Waals surface area contributed by atoms with Crippen LogP contribution in [0.25, 0.3) is 0 Å². The second kappa shape index (κ2) is 6.14. The molecule has 0 spiro atoms. The van der Waals surface area contributed by atoms with Gasteiger partial charge in [-0.05, 0) is 0 Å². The van der Waals surface area contributed by atoms with E-state index in [0.29, 0.717) is 0 Å². The monoisotopic (exact) mass is 295 g/mol. The molecule has 21 heavy (non-hydrogen) atoms. The number of aliphatic hydroxyl groups excluding tert-OH is 1. The molecule has 2 aromatic rings. The first kappa shape index (κ1) is 14.7. The lowest BCUT2D eigenvalue weighted by Gasteiger charge is -2.06. The Balaban J connectivity index is 2.19. The zero-order chi connectivity index (χ0) is 15.4. The summed E-state index contributed by atoms with van der Waals surface area (Å²) in [6.45, 7) is -0.800. The van der Waals surface area contributed by atoms with Crippen molar-refractivity contribution in [1.82, 2.24) is 0 Å². The molecule has 110 valence electrons. The van der Waals surface area contributed by atoms with Crippen molar-refractivity contribution in [1.29, 1.82) is 0 Å². The first-order valence-electron chi connectivity index (χ1n) is 5.80. The van der Waals surface area contributed by atoms with Crippen LogP contribution >= 0.6 is 0 Å². The van der Waals surface area contributed by atoms with Crippen LogP contribution in [-0.4, -0.2) is 10.0 Å². The second-order valence-corrected chi connectivity index (χ2v) is 4.03. The average molecular weight is 295 g/mol. The third-order valence-corrected chi connectivity index (χ3v) is 2.65. The Hall–Kier alpha value is -2.74. The lowest BCUT2D eigenvalue weighted by atomic mass is 10.2. The minimum absolute atomic E-state index is 0.0603. The summed E-state index contributed by atoms with van der Waals surface area (Å²) < 4.78 is 23.8. The molecule has 0 aliphatic rings. The van der Waals surface area contributed by atoms with Crippen LogP contribution in [0.2, 0.25) is 0 Å². The molecule has 1 aromatic carbocycles. The molecule has 0 aliphatic carbocycles. The fourth-order valence-corrected chi connectivity index (χ4v) is 1.60. The first-order chi connectivity index (χ1) is 10.0. The lowest BCUT2D eigenvalue weighted by molar-refractivity contribution is -0.387. The Labute approximate surface area is 117 Å². The predicted molar refractivity (Wildman–Crippen MR) is 68.3 cm³/mol. The number of aliphatic hydroxyl groups is 1. The van der Waals surface area contributed by atoms with Crippen LogP contribution in [0.15, 0.2) is 39.7 Å². The maximum absolute atomic E-state index is 13.8. The van der Waals surface area contributed by atoms with Crippen molar-refractivity contribution in [3.05, 3.63) is 68.0 Å². The van der Waals surface area contributed by atoms with Crippen LogP contribution in [0.1, 0.15) is 11.3 Å². The van der Waals surface area contributed by atoms with Gasteiger partial charge in [0.05, 0.1) is 4.92 Å². The average Bonchev–Trinajstić information content (AvgIpc) is 2.46. The van der Waals surface area contributed by atoms with Gasteiger partial charge in [-0.25, -0.2) is 0 Å². The van der Waals surface area contributed by atoms with E-state index >= 15 is 0 Å². The summed E-state index contributed by atoms with van der Waals surface area (Å²) in [7, 11) is 0. The number of rotatable bonds is 5. The molecule has 0 radical (unpaired) electrons. The van der Waals surface area contributed by atoms with Gasteiger partial charge in [0.15, 0.2) is 0 Å². The van der Waals surface area contributed by atoms with Gasteiger partial charge in [0.1, 0.15) is 25.2 Å². The van der Waals surface area contributed by atoms with Gasteiger partial charge in [-0.15, -0.1) is 0 Å². The Morgan fingerprint density at radius 3 is 2.81 bits per heavy atom. The summed E-state index contributed by atoms with van der Waals surface area (Å²) in [6.07, 6.45) is 0.989. The SMILES string of the molecule is O=c1cc(CO)occ1OCc1cccc([N+](=O)[O-])c1F. The Morgan fingerprint density at radius 1 is 1.43 bits per heavy atom. The maximum Gasteiger partial charge on any atom is 0.305 e. The van der Waals surface area contributed by atoms with Crippen LogP contribution in [0.4, 0.5) is 10.1 Å². The molecule has 0 atom stereocenters. The van der Waals surface area contributed by atoms with Gasteiger partial charge in [0.25, 0.3) is 0 Å². The van der Waals surface area contributed by atoms with E-state index in [4.69, 9.17) is 14.3 Å². The van der Waals surface area contributed by atoms with Gasteiger partial charge < -0.3 is 14.3 Å². The predicted octanol–water partition coefficient (Wildman–Crippen LogP) is 1.76. The highest BCUT2D eigenvalue weighted by Crippen LogP contribution is 2.21. The fraction of sp³-hybridized carbons (Fsp3) is 0.154. The van der Waals surface area contributed by atoms with Gasteiger partial charge >= 0.3 is 5.69 Å². The normalized spacial score (nSPS) is 10.4. The molecule has 0 fully saturated rings. The largest absolute Gasteiger partial charge is 0.482 e. The number of benzene rings is 1. The number of hydrogen-bond acceptors (Lipinski definition) is 6. The van der Waals surface area contributed by atoms with E-state index in [1.165, 1.54) is 12.1 Å². The highest BCUT2D eigenvalue weighted by Gasteiger charge is 2.17. The summed E-state index contributed by atoms with van der Waals surface area (Å²) in [5, 5.41) is 19.4. The van der Waals surface area contributed by atoms with Crippen molar-refractivity contribution in [2.75, 3.05) is 0 Å². The number of ether oxygens (including phenoxy) is 1. The molecule has 0 bridgehead atoms. The van der Waals surface area contributed by atoms with Crippen LogP contribution in [0.3, 0.4) is 0 Å².